The van der Waals surface area contributed by atoms with Gasteiger partial charge in [0.25, 0.3) is 6.43 Å². The third-order valence-electron chi connectivity index (χ3n) is 2.90. The minimum atomic E-state index is -2.80. The second-order valence-corrected chi connectivity index (χ2v) is 5.31. The van der Waals surface area contributed by atoms with Crippen LogP contribution in [0.3, 0.4) is 0 Å². The van der Waals surface area contributed by atoms with Gasteiger partial charge in [0.1, 0.15) is 11.7 Å². The molecule has 2 aromatic rings. The molecule has 6 heteroatoms. The average molecular weight is 265 g/mol. The average Bonchev–Trinajstić information content (AvgIpc) is 2.65. The van der Waals surface area contributed by atoms with Gasteiger partial charge in [0, 0.05) is 28.8 Å². The quantitative estimate of drug-likeness (QED) is 0.861. The third-order valence-corrected chi connectivity index (χ3v) is 2.90. The Labute approximate surface area is 108 Å². The van der Waals surface area contributed by atoms with Crippen molar-refractivity contribution in [2.75, 3.05) is 0 Å². The molecular weight excluding hydrogens is 252 g/mol. The first-order valence-electron chi connectivity index (χ1n) is 5.72. The first kappa shape index (κ1) is 13.3. The molecule has 0 radical (unpaired) electrons. The van der Waals surface area contributed by atoms with E-state index in [4.69, 9.17) is 5.26 Å². The molecule has 100 valence electrons. The van der Waals surface area contributed by atoms with Crippen molar-refractivity contribution in [3.8, 4) is 6.07 Å². The number of nitrogens with one attached hydrogen (secondary N) is 1. The van der Waals surface area contributed by atoms with Gasteiger partial charge in [0.2, 0.25) is 5.56 Å². The van der Waals surface area contributed by atoms with E-state index in [0.717, 1.165) is 6.07 Å². The molecule has 0 aromatic carbocycles. The maximum atomic E-state index is 13.0. The Kier molecular flexibility index (Phi) is 2.93. The highest BCUT2D eigenvalue weighted by molar-refractivity contribution is 5.87. The summed E-state index contributed by atoms with van der Waals surface area (Å²) in [5, 5.41) is 9.21. The summed E-state index contributed by atoms with van der Waals surface area (Å²) in [5.41, 5.74) is -1.05. The largest absolute Gasteiger partial charge is 0.327 e. The number of fused-ring (bicyclic) bond motifs is 1. The van der Waals surface area contributed by atoms with Crippen LogP contribution in [0.15, 0.2) is 17.1 Å². The van der Waals surface area contributed by atoms with Gasteiger partial charge in [-0.25, -0.2) is 8.78 Å². The van der Waals surface area contributed by atoms with Crippen molar-refractivity contribution in [1.82, 2.24) is 9.55 Å². The van der Waals surface area contributed by atoms with E-state index in [1.165, 1.54) is 6.20 Å². The second-order valence-electron chi connectivity index (χ2n) is 5.31. The number of aromatic amines is 1. The fourth-order valence-corrected chi connectivity index (χ4v) is 2.07. The van der Waals surface area contributed by atoms with Crippen LogP contribution in [0, 0.1) is 11.3 Å². The van der Waals surface area contributed by atoms with Crippen LogP contribution >= 0.6 is 0 Å². The number of hydrogen-bond acceptors (Lipinski definition) is 2. The Morgan fingerprint density at radius 2 is 2.05 bits per heavy atom. The highest BCUT2D eigenvalue weighted by atomic mass is 19.3. The first-order valence-corrected chi connectivity index (χ1v) is 5.72. The second kappa shape index (κ2) is 4.19. The molecule has 0 spiro atoms. The number of hydrogen-bond donors (Lipinski definition) is 1. The Balaban J connectivity index is 3.00. The van der Waals surface area contributed by atoms with Crippen molar-refractivity contribution in [3.05, 3.63) is 33.7 Å². The summed E-state index contributed by atoms with van der Waals surface area (Å²) in [5.74, 6) is 0. The number of nitriles is 1. The van der Waals surface area contributed by atoms with Crippen LogP contribution in [0.2, 0.25) is 0 Å². The number of H-pyrrole nitrogens is 1. The minimum absolute atomic E-state index is 0.118. The molecule has 0 aliphatic carbocycles. The van der Waals surface area contributed by atoms with Gasteiger partial charge in [0.05, 0.1) is 5.56 Å². The molecule has 0 bridgehead atoms. The topological polar surface area (TPSA) is 61.6 Å². The molecule has 0 aliphatic rings. The Hall–Kier alpha value is -2.16. The number of nitrogens with zero attached hydrogens (tertiary/aromatic N) is 2. The summed E-state index contributed by atoms with van der Waals surface area (Å²) in [6.45, 7) is 5.59. The molecule has 0 unspecified atom stereocenters. The highest BCUT2D eigenvalue weighted by Gasteiger charge is 2.24. The fourth-order valence-electron chi connectivity index (χ4n) is 2.07. The summed E-state index contributed by atoms with van der Waals surface area (Å²) in [4.78, 5) is 14.0. The molecular formula is C13H13F2N3O. The smallest absolute Gasteiger partial charge is 0.264 e. The van der Waals surface area contributed by atoms with Crippen molar-refractivity contribution < 1.29 is 8.78 Å². The predicted octanol–water partition coefficient (Wildman–Crippen LogP) is 2.89. The molecule has 4 nitrogen and oxygen atoms in total. The zero-order valence-electron chi connectivity index (χ0n) is 10.8. The first-order chi connectivity index (χ1) is 8.75. The number of halogens is 2. The zero-order chi connectivity index (χ0) is 14.4. The lowest BCUT2D eigenvalue weighted by Crippen LogP contribution is -2.22. The molecule has 2 heterocycles. The molecule has 0 saturated carbocycles. The molecule has 2 aromatic heterocycles. The predicted molar refractivity (Wildman–Crippen MR) is 67.2 cm³/mol. The molecule has 0 fully saturated rings. The monoisotopic (exact) mass is 265 g/mol. The SMILES string of the molecule is CC(C)(C)n1cc(C#N)c2c(C(F)F)cc(=O)[nH]c21. The summed E-state index contributed by atoms with van der Waals surface area (Å²) >= 11 is 0. The maximum absolute atomic E-state index is 13.0. The van der Waals surface area contributed by atoms with Gasteiger partial charge in [-0.1, -0.05) is 0 Å². The van der Waals surface area contributed by atoms with Gasteiger partial charge < -0.3 is 9.55 Å². The molecule has 0 atom stereocenters. The summed E-state index contributed by atoms with van der Waals surface area (Å²) in [6, 6.07) is 2.75. The standard InChI is InChI=1S/C13H13F2N3O/c1-13(2,3)18-6-7(5-16)10-8(11(14)15)4-9(19)17-12(10)18/h4,6,11H,1-3H3,(H,17,19). The summed E-state index contributed by atoms with van der Waals surface area (Å²) in [6.07, 6.45) is -1.31. The lowest BCUT2D eigenvalue weighted by molar-refractivity contribution is 0.153. The minimum Gasteiger partial charge on any atom is -0.327 e. The van der Waals surface area contributed by atoms with E-state index in [2.05, 4.69) is 4.98 Å². The summed E-state index contributed by atoms with van der Waals surface area (Å²) in [7, 11) is 0. The van der Waals surface area contributed by atoms with Gasteiger partial charge >= 0.3 is 0 Å². The van der Waals surface area contributed by atoms with Gasteiger partial charge in [0.15, 0.2) is 0 Å². The van der Waals surface area contributed by atoms with E-state index in [-0.39, 0.29) is 16.6 Å². The lowest BCUT2D eigenvalue weighted by Gasteiger charge is -2.22. The van der Waals surface area contributed by atoms with Crippen molar-refractivity contribution in [1.29, 1.82) is 5.26 Å². The lowest BCUT2D eigenvalue weighted by atomic mass is 10.1. The normalized spacial score (nSPS) is 12.1. The van der Waals surface area contributed by atoms with Crippen LogP contribution in [0.5, 0.6) is 0 Å². The van der Waals surface area contributed by atoms with E-state index in [9.17, 15) is 13.6 Å². The zero-order valence-corrected chi connectivity index (χ0v) is 10.8. The molecule has 0 saturated heterocycles. The fraction of sp³-hybridized carbons (Fsp3) is 0.385. The maximum Gasteiger partial charge on any atom is 0.264 e. The molecule has 2 rings (SSSR count). The molecule has 0 amide bonds. The number of pyridine rings is 1. The summed E-state index contributed by atoms with van der Waals surface area (Å²) < 4.78 is 27.7. The van der Waals surface area contributed by atoms with Crippen LogP contribution in [0.25, 0.3) is 11.0 Å². The van der Waals surface area contributed by atoms with Crippen LogP contribution < -0.4 is 5.56 Å². The van der Waals surface area contributed by atoms with E-state index < -0.39 is 23.1 Å². The van der Waals surface area contributed by atoms with Crippen molar-refractivity contribution in [2.24, 2.45) is 0 Å². The Morgan fingerprint density at radius 3 is 2.53 bits per heavy atom. The van der Waals surface area contributed by atoms with Crippen LogP contribution in [-0.2, 0) is 5.54 Å². The van der Waals surface area contributed by atoms with Gasteiger partial charge in [-0.2, -0.15) is 5.26 Å². The van der Waals surface area contributed by atoms with Crippen molar-refractivity contribution >= 4 is 11.0 Å². The Bertz CT molecular complexity index is 729. The Morgan fingerprint density at radius 1 is 1.42 bits per heavy atom. The number of aromatic nitrogens is 2. The van der Waals surface area contributed by atoms with Crippen LogP contribution in [0.1, 0.15) is 38.3 Å². The van der Waals surface area contributed by atoms with E-state index in [1.54, 1.807) is 4.57 Å². The van der Waals surface area contributed by atoms with Crippen molar-refractivity contribution in [3.63, 3.8) is 0 Å². The highest BCUT2D eigenvalue weighted by Crippen LogP contribution is 2.31. The van der Waals surface area contributed by atoms with Gasteiger partial charge in [-0.15, -0.1) is 0 Å². The van der Waals surface area contributed by atoms with E-state index in [0.29, 0.717) is 0 Å². The van der Waals surface area contributed by atoms with Crippen LogP contribution in [-0.4, -0.2) is 9.55 Å². The van der Waals surface area contributed by atoms with Crippen LogP contribution in [0.4, 0.5) is 8.78 Å². The third kappa shape index (κ3) is 2.12. The number of alkyl halides is 2. The van der Waals surface area contributed by atoms with Gasteiger partial charge in [-0.3, -0.25) is 4.79 Å². The van der Waals surface area contributed by atoms with E-state index >= 15 is 0 Å². The molecule has 0 aliphatic heterocycles. The number of rotatable bonds is 1. The molecule has 1 N–H and O–H groups in total. The van der Waals surface area contributed by atoms with E-state index in [1.807, 2.05) is 26.8 Å². The van der Waals surface area contributed by atoms with Crippen molar-refractivity contribution in [2.45, 2.75) is 32.7 Å². The molecule has 19 heavy (non-hydrogen) atoms. The van der Waals surface area contributed by atoms with Gasteiger partial charge in [-0.05, 0) is 20.8 Å².